The van der Waals surface area contributed by atoms with E-state index < -0.39 is 0 Å². The Kier molecular flexibility index (Phi) is 5.68. The highest BCUT2D eigenvalue weighted by atomic mass is 79.9. The fraction of sp³-hybridized carbons (Fsp3) is 0.476. The van der Waals surface area contributed by atoms with Crippen molar-refractivity contribution in [3.63, 3.8) is 0 Å². The molecule has 0 bridgehead atoms. The summed E-state index contributed by atoms with van der Waals surface area (Å²) in [4.78, 5) is 4.81. The SMILES string of the molecule is CCC(CC)C(N)c1c(Br)c(C)nc2c1nnn2-c1c(C)cc(C)cc1C. The molecular formula is C21H28BrN5. The van der Waals surface area contributed by atoms with Crippen LogP contribution in [0.25, 0.3) is 16.9 Å². The maximum absolute atomic E-state index is 6.69. The van der Waals surface area contributed by atoms with Gasteiger partial charge in [-0.3, -0.25) is 0 Å². The Hall–Kier alpha value is -1.79. The topological polar surface area (TPSA) is 69.6 Å². The largest absolute Gasteiger partial charge is 0.324 e. The second-order valence-corrected chi connectivity index (χ2v) is 8.24. The molecule has 144 valence electrons. The number of fused-ring (bicyclic) bond motifs is 1. The molecule has 2 heterocycles. The molecule has 0 aliphatic heterocycles. The van der Waals surface area contributed by atoms with E-state index in [1.807, 2.05) is 11.6 Å². The van der Waals surface area contributed by atoms with E-state index in [2.05, 4.69) is 73.0 Å². The highest BCUT2D eigenvalue weighted by molar-refractivity contribution is 9.10. The number of nitrogens with two attached hydrogens (primary N) is 1. The van der Waals surface area contributed by atoms with Crippen LogP contribution < -0.4 is 5.73 Å². The third kappa shape index (κ3) is 3.41. The van der Waals surface area contributed by atoms with Gasteiger partial charge in [-0.2, -0.15) is 4.68 Å². The second kappa shape index (κ2) is 7.68. The van der Waals surface area contributed by atoms with Gasteiger partial charge in [0.1, 0.15) is 5.52 Å². The minimum Gasteiger partial charge on any atom is -0.324 e. The molecule has 3 rings (SSSR count). The van der Waals surface area contributed by atoms with E-state index in [0.29, 0.717) is 5.92 Å². The lowest BCUT2D eigenvalue weighted by molar-refractivity contribution is 0.405. The molecule has 2 N–H and O–H groups in total. The van der Waals surface area contributed by atoms with E-state index in [4.69, 9.17) is 10.7 Å². The van der Waals surface area contributed by atoms with E-state index in [1.165, 1.54) is 5.56 Å². The van der Waals surface area contributed by atoms with Gasteiger partial charge < -0.3 is 5.73 Å². The van der Waals surface area contributed by atoms with Gasteiger partial charge in [0.05, 0.1) is 11.4 Å². The highest BCUT2D eigenvalue weighted by Crippen LogP contribution is 2.36. The minimum absolute atomic E-state index is 0.107. The summed E-state index contributed by atoms with van der Waals surface area (Å²) < 4.78 is 2.81. The van der Waals surface area contributed by atoms with Crippen molar-refractivity contribution in [2.24, 2.45) is 11.7 Å². The maximum atomic E-state index is 6.69. The normalized spacial score (nSPS) is 12.9. The zero-order chi connectivity index (χ0) is 19.9. The number of aryl methyl sites for hydroxylation is 4. The maximum Gasteiger partial charge on any atom is 0.184 e. The van der Waals surface area contributed by atoms with Crippen LogP contribution in [0.2, 0.25) is 0 Å². The summed E-state index contributed by atoms with van der Waals surface area (Å²) in [6.07, 6.45) is 2.05. The lowest BCUT2D eigenvalue weighted by atomic mass is 9.89. The number of hydrogen-bond acceptors (Lipinski definition) is 4. The fourth-order valence-electron chi connectivity index (χ4n) is 4.05. The zero-order valence-electron chi connectivity index (χ0n) is 17.0. The standard InChI is InChI=1S/C21H28BrN5/c1-7-15(8-2)18(23)16-17(22)14(6)24-21-19(16)25-26-27(21)20-12(4)9-11(3)10-13(20)5/h9-10,15,18H,7-8,23H2,1-6H3. The Balaban J connectivity index is 2.30. The summed E-state index contributed by atoms with van der Waals surface area (Å²) in [5, 5.41) is 9.00. The third-order valence-corrected chi connectivity index (χ3v) is 6.47. The predicted molar refractivity (Wildman–Crippen MR) is 114 cm³/mol. The van der Waals surface area contributed by atoms with Gasteiger partial charge in [0.25, 0.3) is 0 Å². The number of nitrogens with zero attached hydrogens (tertiary/aromatic N) is 4. The smallest absolute Gasteiger partial charge is 0.184 e. The number of halogens is 1. The molecule has 0 saturated carbocycles. The minimum atomic E-state index is -0.107. The Morgan fingerprint density at radius 3 is 2.22 bits per heavy atom. The molecule has 1 atom stereocenters. The Morgan fingerprint density at radius 2 is 1.67 bits per heavy atom. The van der Waals surface area contributed by atoms with Gasteiger partial charge in [-0.15, -0.1) is 5.10 Å². The highest BCUT2D eigenvalue weighted by Gasteiger charge is 2.26. The molecule has 0 spiro atoms. The van der Waals surface area contributed by atoms with E-state index in [1.54, 1.807) is 0 Å². The Bertz CT molecular complexity index is 965. The van der Waals surface area contributed by atoms with Crippen LogP contribution in [0, 0.1) is 33.6 Å². The lowest BCUT2D eigenvalue weighted by Gasteiger charge is -2.23. The summed E-state index contributed by atoms with van der Waals surface area (Å²) in [6, 6.07) is 4.22. The van der Waals surface area contributed by atoms with Crippen molar-refractivity contribution in [1.29, 1.82) is 0 Å². The summed E-state index contributed by atoms with van der Waals surface area (Å²) in [5.74, 6) is 0.388. The number of rotatable bonds is 5. The lowest BCUT2D eigenvalue weighted by Crippen LogP contribution is -2.22. The van der Waals surface area contributed by atoms with Crippen molar-refractivity contribution in [2.75, 3.05) is 0 Å². The first kappa shape index (κ1) is 20.0. The number of aromatic nitrogens is 4. The van der Waals surface area contributed by atoms with Crippen molar-refractivity contribution in [3.05, 3.63) is 44.6 Å². The molecular weight excluding hydrogens is 402 g/mol. The molecule has 27 heavy (non-hydrogen) atoms. The van der Waals surface area contributed by atoms with Gasteiger partial charge in [0.2, 0.25) is 0 Å². The van der Waals surface area contributed by atoms with Crippen LogP contribution in [-0.2, 0) is 0 Å². The third-order valence-electron chi connectivity index (χ3n) is 5.47. The molecule has 0 aliphatic carbocycles. The summed E-state index contributed by atoms with van der Waals surface area (Å²) in [7, 11) is 0. The molecule has 0 saturated heterocycles. The van der Waals surface area contributed by atoms with Crippen LogP contribution in [-0.4, -0.2) is 20.0 Å². The summed E-state index contributed by atoms with van der Waals surface area (Å²) >= 11 is 3.71. The van der Waals surface area contributed by atoms with Crippen LogP contribution in [0.5, 0.6) is 0 Å². The van der Waals surface area contributed by atoms with E-state index >= 15 is 0 Å². The molecule has 0 amide bonds. The van der Waals surface area contributed by atoms with Crippen LogP contribution in [0.15, 0.2) is 16.6 Å². The molecule has 5 nitrogen and oxygen atoms in total. The quantitative estimate of drug-likeness (QED) is 0.601. The molecule has 6 heteroatoms. The molecule has 1 aromatic carbocycles. The molecule has 0 aliphatic rings. The zero-order valence-corrected chi connectivity index (χ0v) is 18.6. The van der Waals surface area contributed by atoms with E-state index in [-0.39, 0.29) is 6.04 Å². The monoisotopic (exact) mass is 429 g/mol. The van der Waals surface area contributed by atoms with Crippen molar-refractivity contribution in [2.45, 2.75) is 60.4 Å². The Morgan fingerprint density at radius 1 is 1.07 bits per heavy atom. The first-order chi connectivity index (χ1) is 12.8. The molecule has 1 unspecified atom stereocenters. The molecule has 2 aromatic heterocycles. The molecule has 3 aromatic rings. The summed E-state index contributed by atoms with van der Waals surface area (Å²) in [6.45, 7) is 12.7. The van der Waals surface area contributed by atoms with Crippen LogP contribution in [0.1, 0.15) is 60.7 Å². The van der Waals surface area contributed by atoms with Gasteiger partial charge in [0.15, 0.2) is 5.65 Å². The summed E-state index contributed by atoms with van der Waals surface area (Å²) in [5.41, 5.74) is 14.8. The van der Waals surface area contributed by atoms with E-state index in [0.717, 1.165) is 56.5 Å². The van der Waals surface area contributed by atoms with E-state index in [9.17, 15) is 0 Å². The van der Waals surface area contributed by atoms with Crippen LogP contribution >= 0.6 is 15.9 Å². The first-order valence-electron chi connectivity index (χ1n) is 9.55. The second-order valence-electron chi connectivity index (χ2n) is 7.45. The van der Waals surface area contributed by atoms with Crippen molar-refractivity contribution in [1.82, 2.24) is 20.0 Å². The number of hydrogen-bond donors (Lipinski definition) is 1. The van der Waals surface area contributed by atoms with Crippen LogP contribution in [0.4, 0.5) is 0 Å². The Labute approximate surface area is 169 Å². The van der Waals surface area contributed by atoms with Gasteiger partial charge >= 0.3 is 0 Å². The van der Waals surface area contributed by atoms with Gasteiger partial charge in [-0.05, 0) is 60.7 Å². The molecule has 0 radical (unpaired) electrons. The van der Waals surface area contributed by atoms with Crippen molar-refractivity contribution < 1.29 is 0 Å². The van der Waals surface area contributed by atoms with Crippen molar-refractivity contribution >= 4 is 27.1 Å². The first-order valence-corrected chi connectivity index (χ1v) is 10.3. The fourth-order valence-corrected chi connectivity index (χ4v) is 4.59. The average molecular weight is 430 g/mol. The number of pyridine rings is 1. The van der Waals surface area contributed by atoms with Crippen LogP contribution in [0.3, 0.4) is 0 Å². The average Bonchev–Trinajstić information content (AvgIpc) is 2.99. The van der Waals surface area contributed by atoms with Gasteiger partial charge in [-0.1, -0.05) is 49.6 Å². The molecule has 0 fully saturated rings. The predicted octanol–water partition coefficient (Wildman–Crippen LogP) is 5.25. The van der Waals surface area contributed by atoms with Gasteiger partial charge in [-0.25, -0.2) is 4.98 Å². The van der Waals surface area contributed by atoms with Gasteiger partial charge in [0, 0.05) is 16.1 Å². The number of benzene rings is 1. The van der Waals surface area contributed by atoms with Crippen molar-refractivity contribution in [3.8, 4) is 5.69 Å².